The minimum atomic E-state index is -0.510. The lowest BCUT2D eigenvalue weighted by atomic mass is 10.1. The van der Waals surface area contributed by atoms with Gasteiger partial charge in [0.1, 0.15) is 18.5 Å². The van der Waals surface area contributed by atoms with Gasteiger partial charge in [-0.15, -0.1) is 0 Å². The second kappa shape index (κ2) is 11.0. The number of morpholine rings is 1. The van der Waals surface area contributed by atoms with Gasteiger partial charge in [0.25, 0.3) is 0 Å². The first-order chi connectivity index (χ1) is 17.6. The third-order valence-corrected chi connectivity index (χ3v) is 7.38. The molecule has 3 aliphatic rings. The van der Waals surface area contributed by atoms with E-state index in [4.69, 9.17) is 18.9 Å². The summed E-state index contributed by atoms with van der Waals surface area (Å²) in [5, 5.41) is 0. The molecular formula is C27H34FN3O5. The Kier molecular flexibility index (Phi) is 7.59. The van der Waals surface area contributed by atoms with Crippen LogP contribution in [0.1, 0.15) is 18.4 Å². The number of fused-ring (bicyclic) bond motifs is 2. The number of hydrogen-bond acceptors (Lipinski definition) is 7. The molecule has 3 heterocycles. The lowest BCUT2D eigenvalue weighted by Gasteiger charge is -2.42. The van der Waals surface area contributed by atoms with Gasteiger partial charge in [0.15, 0.2) is 6.29 Å². The zero-order valence-corrected chi connectivity index (χ0v) is 20.8. The van der Waals surface area contributed by atoms with Crippen LogP contribution in [0.2, 0.25) is 0 Å². The molecule has 5 rings (SSSR count). The largest absolute Gasteiger partial charge is 0.445 e. The van der Waals surface area contributed by atoms with E-state index >= 15 is 0 Å². The highest BCUT2D eigenvalue weighted by Crippen LogP contribution is 2.37. The third kappa shape index (κ3) is 5.14. The first-order valence-electron chi connectivity index (χ1n) is 12.5. The van der Waals surface area contributed by atoms with Gasteiger partial charge in [-0.1, -0.05) is 30.3 Å². The molecular weight excluding hydrogens is 465 g/mol. The molecule has 2 aromatic rings. The van der Waals surface area contributed by atoms with E-state index in [-0.39, 0.29) is 36.7 Å². The van der Waals surface area contributed by atoms with E-state index in [1.165, 1.54) is 0 Å². The lowest BCUT2D eigenvalue weighted by Crippen LogP contribution is -2.55. The monoisotopic (exact) mass is 499 g/mol. The van der Waals surface area contributed by atoms with E-state index in [1.54, 1.807) is 20.3 Å². The van der Waals surface area contributed by atoms with Crippen LogP contribution in [-0.4, -0.2) is 82.5 Å². The first kappa shape index (κ1) is 24.8. The van der Waals surface area contributed by atoms with Gasteiger partial charge in [-0.25, -0.2) is 9.18 Å². The minimum Gasteiger partial charge on any atom is -0.445 e. The van der Waals surface area contributed by atoms with Crippen LogP contribution in [0.25, 0.3) is 0 Å². The number of nitrogens with zero attached hydrogens (tertiary/aromatic N) is 3. The van der Waals surface area contributed by atoms with Gasteiger partial charge in [-0.2, -0.15) is 0 Å². The van der Waals surface area contributed by atoms with Gasteiger partial charge in [0.05, 0.1) is 12.3 Å². The zero-order valence-electron chi connectivity index (χ0n) is 20.8. The number of anilines is 2. The van der Waals surface area contributed by atoms with Crippen molar-refractivity contribution < 1.29 is 28.1 Å². The molecule has 0 N–H and O–H groups in total. The van der Waals surface area contributed by atoms with Crippen molar-refractivity contribution in [2.24, 2.45) is 0 Å². The second-order valence-electron chi connectivity index (χ2n) is 9.57. The number of carbonyl (C=O) groups is 1. The van der Waals surface area contributed by atoms with Crippen LogP contribution in [0.15, 0.2) is 48.5 Å². The van der Waals surface area contributed by atoms with Crippen LogP contribution in [0.3, 0.4) is 0 Å². The van der Waals surface area contributed by atoms with Gasteiger partial charge in [0, 0.05) is 58.2 Å². The number of benzene rings is 2. The predicted molar refractivity (Wildman–Crippen MR) is 134 cm³/mol. The van der Waals surface area contributed by atoms with Crippen LogP contribution >= 0.6 is 0 Å². The Morgan fingerprint density at radius 1 is 1.06 bits per heavy atom. The van der Waals surface area contributed by atoms with Crippen molar-refractivity contribution in [1.29, 1.82) is 0 Å². The SMILES string of the molecule is COC(OC)[C@H]1CN(c2cc(N3C4CCC3CN(C(=O)OCc3ccccc3)C4)ccc2F)CCO1. The Morgan fingerprint density at radius 3 is 2.47 bits per heavy atom. The number of rotatable bonds is 7. The molecule has 0 aliphatic carbocycles. The van der Waals surface area contributed by atoms with Crippen molar-refractivity contribution in [3.8, 4) is 0 Å². The molecule has 1 amide bonds. The van der Waals surface area contributed by atoms with Crippen molar-refractivity contribution >= 4 is 17.5 Å². The van der Waals surface area contributed by atoms with E-state index in [2.05, 4.69) is 4.90 Å². The molecule has 194 valence electrons. The molecule has 3 aliphatic heterocycles. The molecule has 0 radical (unpaired) electrons. The number of hydrogen-bond donors (Lipinski definition) is 0. The number of piperazine rings is 1. The topological polar surface area (TPSA) is 63.7 Å². The number of halogens is 1. The smallest absolute Gasteiger partial charge is 0.410 e. The van der Waals surface area contributed by atoms with E-state index in [9.17, 15) is 9.18 Å². The molecule has 3 fully saturated rings. The molecule has 8 nitrogen and oxygen atoms in total. The Labute approximate surface area is 211 Å². The molecule has 3 saturated heterocycles. The maximum atomic E-state index is 15.0. The van der Waals surface area contributed by atoms with Crippen LogP contribution in [0.5, 0.6) is 0 Å². The quantitative estimate of drug-likeness (QED) is 0.539. The van der Waals surface area contributed by atoms with Gasteiger partial charge >= 0.3 is 6.09 Å². The number of likely N-dealkylation sites (tertiary alicyclic amines) is 1. The Morgan fingerprint density at radius 2 is 1.78 bits per heavy atom. The van der Waals surface area contributed by atoms with E-state index in [0.29, 0.717) is 38.5 Å². The fourth-order valence-electron chi connectivity index (χ4n) is 5.65. The van der Waals surface area contributed by atoms with Crippen molar-refractivity contribution in [2.75, 3.05) is 56.8 Å². The molecule has 0 aromatic heterocycles. The average molecular weight is 500 g/mol. The van der Waals surface area contributed by atoms with E-state index < -0.39 is 6.29 Å². The van der Waals surface area contributed by atoms with Crippen molar-refractivity contribution in [3.05, 3.63) is 59.9 Å². The molecule has 2 unspecified atom stereocenters. The lowest BCUT2D eigenvalue weighted by molar-refractivity contribution is -0.182. The highest BCUT2D eigenvalue weighted by Gasteiger charge is 2.42. The summed E-state index contributed by atoms with van der Waals surface area (Å²) in [5.41, 5.74) is 2.50. The van der Waals surface area contributed by atoms with Crippen molar-refractivity contribution in [3.63, 3.8) is 0 Å². The van der Waals surface area contributed by atoms with Crippen molar-refractivity contribution in [1.82, 2.24) is 4.90 Å². The third-order valence-electron chi connectivity index (χ3n) is 7.38. The molecule has 2 aromatic carbocycles. The van der Waals surface area contributed by atoms with Crippen LogP contribution in [0, 0.1) is 5.82 Å². The summed E-state index contributed by atoms with van der Waals surface area (Å²) in [6.45, 7) is 2.99. The van der Waals surface area contributed by atoms with Crippen molar-refractivity contribution in [2.45, 2.75) is 43.9 Å². The molecule has 9 heteroatoms. The Balaban J connectivity index is 1.26. The maximum Gasteiger partial charge on any atom is 0.410 e. The predicted octanol–water partition coefficient (Wildman–Crippen LogP) is 3.64. The summed E-state index contributed by atoms with van der Waals surface area (Å²) in [6.07, 6.45) is 0.884. The number of carbonyl (C=O) groups excluding carboxylic acids is 1. The summed E-state index contributed by atoms with van der Waals surface area (Å²) in [7, 11) is 3.15. The fraction of sp³-hybridized carbons (Fsp3) is 0.519. The molecule has 0 spiro atoms. The summed E-state index contributed by atoms with van der Waals surface area (Å²) < 4.78 is 37.1. The summed E-state index contributed by atoms with van der Waals surface area (Å²) in [4.78, 5) is 18.9. The van der Waals surface area contributed by atoms with Gasteiger partial charge in [0.2, 0.25) is 0 Å². The zero-order chi connectivity index (χ0) is 25.1. The Hall–Kier alpha value is -2.88. The highest BCUT2D eigenvalue weighted by atomic mass is 19.1. The second-order valence-corrected chi connectivity index (χ2v) is 9.57. The van der Waals surface area contributed by atoms with Gasteiger partial charge in [-0.05, 0) is 36.6 Å². The fourth-order valence-corrected chi connectivity index (χ4v) is 5.65. The van der Waals surface area contributed by atoms with Crippen LogP contribution in [-0.2, 0) is 25.6 Å². The molecule has 3 atom stereocenters. The average Bonchev–Trinajstić information content (AvgIpc) is 3.17. The molecule has 2 bridgehead atoms. The van der Waals surface area contributed by atoms with Crippen LogP contribution < -0.4 is 9.80 Å². The summed E-state index contributed by atoms with van der Waals surface area (Å²) >= 11 is 0. The standard InChI is InChI=1S/C27H34FN3O5/c1-33-26(34-2)25-17-29(12-13-35-25)24-14-20(10-11-23(24)28)31-21-8-9-22(31)16-30(15-21)27(32)36-18-19-6-4-3-5-7-19/h3-7,10-11,14,21-22,25-26H,8-9,12-13,15-18H2,1-2H3/t21?,22?,25-/m1/s1. The van der Waals surface area contributed by atoms with Gasteiger partial charge in [-0.3, -0.25) is 0 Å². The molecule has 0 saturated carbocycles. The summed E-state index contributed by atoms with van der Waals surface area (Å²) in [5.74, 6) is -0.263. The summed E-state index contributed by atoms with van der Waals surface area (Å²) in [6, 6.07) is 15.4. The first-order valence-corrected chi connectivity index (χ1v) is 12.5. The number of methoxy groups -OCH3 is 2. The van der Waals surface area contributed by atoms with Gasteiger partial charge < -0.3 is 33.6 Å². The van der Waals surface area contributed by atoms with E-state index in [0.717, 1.165) is 24.1 Å². The number of ether oxygens (including phenoxy) is 4. The maximum absolute atomic E-state index is 15.0. The molecule has 36 heavy (non-hydrogen) atoms. The Bertz CT molecular complexity index is 1020. The van der Waals surface area contributed by atoms with E-state index in [1.807, 2.05) is 52.3 Å². The normalized spacial score (nSPS) is 23.9. The minimum absolute atomic E-state index is 0.176. The highest BCUT2D eigenvalue weighted by molar-refractivity contribution is 5.69. The number of amides is 1. The van der Waals surface area contributed by atoms with Crippen LogP contribution in [0.4, 0.5) is 20.6 Å².